The van der Waals surface area contributed by atoms with Crippen LogP contribution in [0.4, 0.5) is 23.2 Å². The zero-order valence-corrected chi connectivity index (χ0v) is 9.24. The van der Waals surface area contributed by atoms with E-state index < -0.39 is 47.2 Å². The summed E-state index contributed by atoms with van der Waals surface area (Å²) in [6.45, 7) is -1.63. The predicted molar refractivity (Wildman–Crippen MR) is 54.4 cm³/mol. The molecule has 0 aliphatic heterocycles. The number of carbonyl (C=O) groups is 1. The molecule has 9 heteroatoms. The van der Waals surface area contributed by atoms with Gasteiger partial charge in [0.05, 0.1) is 10.5 Å². The Hall–Kier alpha value is -2.19. The van der Waals surface area contributed by atoms with Gasteiger partial charge in [0.15, 0.2) is 0 Å². The standard InChI is InChI=1S/C10H7F4NO4/c11-3-4-19-9(16)7-2-1-6(10(12,13)14)5-8(7)15(17)18/h1-2,5H,3-4H2. The highest BCUT2D eigenvalue weighted by Gasteiger charge is 2.34. The average molecular weight is 281 g/mol. The Morgan fingerprint density at radius 3 is 2.47 bits per heavy atom. The lowest BCUT2D eigenvalue weighted by Crippen LogP contribution is -2.12. The summed E-state index contributed by atoms with van der Waals surface area (Å²) in [7, 11) is 0. The summed E-state index contributed by atoms with van der Waals surface area (Å²) >= 11 is 0. The van der Waals surface area contributed by atoms with Crippen molar-refractivity contribution < 1.29 is 32.0 Å². The Bertz CT molecular complexity index is 501. The third-order valence-electron chi connectivity index (χ3n) is 2.05. The van der Waals surface area contributed by atoms with E-state index in [2.05, 4.69) is 4.74 Å². The zero-order chi connectivity index (χ0) is 14.6. The first-order valence-corrected chi connectivity index (χ1v) is 4.86. The number of nitro benzene ring substituents is 1. The van der Waals surface area contributed by atoms with E-state index in [1.807, 2.05) is 0 Å². The number of nitrogens with zero attached hydrogens (tertiary/aromatic N) is 1. The zero-order valence-electron chi connectivity index (χ0n) is 9.24. The Morgan fingerprint density at radius 1 is 1.37 bits per heavy atom. The minimum Gasteiger partial charge on any atom is -0.459 e. The van der Waals surface area contributed by atoms with Crippen LogP contribution in [0, 0.1) is 10.1 Å². The molecule has 1 rings (SSSR count). The number of carbonyl (C=O) groups excluding carboxylic acids is 1. The van der Waals surface area contributed by atoms with Crippen molar-refractivity contribution in [3.05, 3.63) is 39.4 Å². The Labute approximate surface area is 103 Å². The van der Waals surface area contributed by atoms with Crippen molar-refractivity contribution in [3.8, 4) is 0 Å². The molecule has 0 unspecified atom stereocenters. The van der Waals surface area contributed by atoms with Crippen molar-refractivity contribution in [1.82, 2.24) is 0 Å². The van der Waals surface area contributed by atoms with Gasteiger partial charge in [0.1, 0.15) is 18.8 Å². The molecule has 0 aromatic heterocycles. The first-order valence-electron chi connectivity index (χ1n) is 4.86. The van der Waals surface area contributed by atoms with Gasteiger partial charge in [0.25, 0.3) is 5.69 Å². The number of alkyl halides is 4. The van der Waals surface area contributed by atoms with Gasteiger partial charge in [-0.3, -0.25) is 10.1 Å². The fraction of sp³-hybridized carbons (Fsp3) is 0.300. The van der Waals surface area contributed by atoms with E-state index in [0.717, 1.165) is 0 Å². The van der Waals surface area contributed by atoms with Gasteiger partial charge in [0.2, 0.25) is 0 Å². The molecule has 1 aromatic rings. The highest BCUT2D eigenvalue weighted by molar-refractivity contribution is 5.94. The van der Waals surface area contributed by atoms with E-state index in [1.165, 1.54) is 0 Å². The molecule has 0 aliphatic rings. The largest absolute Gasteiger partial charge is 0.459 e. The van der Waals surface area contributed by atoms with Gasteiger partial charge < -0.3 is 4.74 Å². The second-order valence-corrected chi connectivity index (χ2v) is 3.31. The van der Waals surface area contributed by atoms with E-state index in [9.17, 15) is 32.5 Å². The first kappa shape index (κ1) is 14.9. The number of rotatable bonds is 4. The van der Waals surface area contributed by atoms with Crippen molar-refractivity contribution >= 4 is 11.7 Å². The molecule has 19 heavy (non-hydrogen) atoms. The van der Waals surface area contributed by atoms with Gasteiger partial charge in [-0.15, -0.1) is 0 Å². The summed E-state index contributed by atoms with van der Waals surface area (Å²) < 4.78 is 53.2. The summed E-state index contributed by atoms with van der Waals surface area (Å²) in [5.74, 6) is -1.25. The van der Waals surface area contributed by atoms with Crippen molar-refractivity contribution in [3.63, 3.8) is 0 Å². The topological polar surface area (TPSA) is 69.4 Å². The van der Waals surface area contributed by atoms with Gasteiger partial charge in [-0.05, 0) is 12.1 Å². The number of halogens is 4. The van der Waals surface area contributed by atoms with Crippen LogP contribution < -0.4 is 0 Å². The molecule has 5 nitrogen and oxygen atoms in total. The minimum absolute atomic E-state index is 0.228. The van der Waals surface area contributed by atoms with Gasteiger partial charge >= 0.3 is 12.1 Å². The Morgan fingerprint density at radius 2 is 2.00 bits per heavy atom. The Balaban J connectivity index is 3.19. The first-order chi connectivity index (χ1) is 8.77. The van der Waals surface area contributed by atoms with E-state index >= 15 is 0 Å². The summed E-state index contributed by atoms with van der Waals surface area (Å²) in [6.07, 6.45) is -4.77. The Kier molecular flexibility index (Phi) is 4.41. The highest BCUT2D eigenvalue weighted by Crippen LogP contribution is 2.33. The molecule has 0 spiro atoms. The maximum absolute atomic E-state index is 12.4. The van der Waals surface area contributed by atoms with Crippen LogP contribution in [-0.2, 0) is 10.9 Å². The monoisotopic (exact) mass is 281 g/mol. The smallest absolute Gasteiger partial charge is 0.416 e. The van der Waals surface area contributed by atoms with E-state index in [1.54, 1.807) is 0 Å². The van der Waals surface area contributed by atoms with E-state index in [4.69, 9.17) is 0 Å². The predicted octanol–water partition coefficient (Wildman–Crippen LogP) is 2.74. The highest BCUT2D eigenvalue weighted by atomic mass is 19.4. The van der Waals surface area contributed by atoms with E-state index in [0.29, 0.717) is 12.1 Å². The third-order valence-corrected chi connectivity index (χ3v) is 2.05. The molecular weight excluding hydrogens is 274 g/mol. The fourth-order valence-corrected chi connectivity index (χ4v) is 1.24. The lowest BCUT2D eigenvalue weighted by molar-refractivity contribution is -0.385. The third kappa shape index (κ3) is 3.63. The normalized spacial score (nSPS) is 11.2. The van der Waals surface area contributed by atoms with Crippen molar-refractivity contribution in [2.24, 2.45) is 0 Å². The molecule has 0 bridgehead atoms. The number of hydrogen-bond donors (Lipinski definition) is 0. The van der Waals surface area contributed by atoms with Gasteiger partial charge in [-0.1, -0.05) is 0 Å². The molecule has 0 aliphatic carbocycles. The SMILES string of the molecule is O=C(OCCF)c1ccc(C(F)(F)F)cc1[N+](=O)[O-]. The molecule has 0 N–H and O–H groups in total. The summed E-state index contributed by atoms with van der Waals surface area (Å²) in [6, 6.07) is 1.37. The van der Waals surface area contributed by atoms with Crippen LogP contribution in [0.2, 0.25) is 0 Å². The summed E-state index contributed by atoms with van der Waals surface area (Å²) in [5, 5.41) is 10.6. The quantitative estimate of drug-likeness (QED) is 0.368. The van der Waals surface area contributed by atoms with Crippen LogP contribution in [-0.4, -0.2) is 24.2 Å². The second kappa shape index (κ2) is 5.63. The lowest BCUT2D eigenvalue weighted by atomic mass is 10.1. The summed E-state index contributed by atoms with van der Waals surface area (Å²) in [5.41, 5.74) is -2.97. The van der Waals surface area contributed by atoms with Gasteiger partial charge in [-0.2, -0.15) is 13.2 Å². The molecule has 0 radical (unpaired) electrons. The minimum atomic E-state index is -4.77. The van der Waals surface area contributed by atoms with Gasteiger partial charge in [-0.25, -0.2) is 9.18 Å². The molecular formula is C10H7F4NO4. The second-order valence-electron chi connectivity index (χ2n) is 3.31. The maximum atomic E-state index is 12.4. The average Bonchev–Trinajstić information content (AvgIpc) is 2.34. The van der Waals surface area contributed by atoms with Crippen LogP contribution in [0.5, 0.6) is 0 Å². The van der Waals surface area contributed by atoms with Crippen LogP contribution in [0.15, 0.2) is 18.2 Å². The molecule has 104 valence electrons. The number of nitro groups is 1. The summed E-state index contributed by atoms with van der Waals surface area (Å²) in [4.78, 5) is 20.8. The molecule has 1 aromatic carbocycles. The van der Waals surface area contributed by atoms with Crippen molar-refractivity contribution in [2.75, 3.05) is 13.3 Å². The van der Waals surface area contributed by atoms with E-state index in [-0.39, 0.29) is 6.07 Å². The van der Waals surface area contributed by atoms with Crippen LogP contribution >= 0.6 is 0 Å². The van der Waals surface area contributed by atoms with Crippen LogP contribution in [0.25, 0.3) is 0 Å². The molecule has 0 amide bonds. The van der Waals surface area contributed by atoms with Crippen LogP contribution in [0.3, 0.4) is 0 Å². The molecule has 0 atom stereocenters. The number of benzene rings is 1. The lowest BCUT2D eigenvalue weighted by Gasteiger charge is -2.08. The fourth-order valence-electron chi connectivity index (χ4n) is 1.24. The molecule has 0 fully saturated rings. The number of ether oxygens (including phenoxy) is 1. The maximum Gasteiger partial charge on any atom is 0.416 e. The molecule has 0 saturated heterocycles. The van der Waals surface area contributed by atoms with Crippen LogP contribution in [0.1, 0.15) is 15.9 Å². The number of esters is 1. The van der Waals surface area contributed by atoms with Gasteiger partial charge in [0, 0.05) is 6.07 Å². The van der Waals surface area contributed by atoms with Crippen molar-refractivity contribution in [1.29, 1.82) is 0 Å². The van der Waals surface area contributed by atoms with Crippen molar-refractivity contribution in [2.45, 2.75) is 6.18 Å². The molecule has 0 heterocycles. The number of hydrogen-bond acceptors (Lipinski definition) is 4. The molecule has 0 saturated carbocycles.